The molecule has 24 heavy (non-hydrogen) atoms. The Morgan fingerprint density at radius 1 is 0.833 bits per heavy atom. The summed E-state index contributed by atoms with van der Waals surface area (Å²) in [5.41, 5.74) is 5.01. The van der Waals surface area contributed by atoms with Crippen LogP contribution in [-0.2, 0) is 0 Å². The van der Waals surface area contributed by atoms with Crippen molar-refractivity contribution < 1.29 is 9.59 Å². The van der Waals surface area contributed by atoms with E-state index in [0.29, 0.717) is 11.3 Å². The fourth-order valence-electron chi connectivity index (χ4n) is 2.23. The molecule has 2 amide bonds. The van der Waals surface area contributed by atoms with Crippen LogP contribution in [0, 0.1) is 0 Å². The first-order valence-electron chi connectivity index (χ1n) is 7.17. The normalized spacial score (nSPS) is 10.2. The molecule has 0 bridgehead atoms. The molecule has 0 unspecified atom stereocenters. The first-order chi connectivity index (χ1) is 11.7. The SMILES string of the molecule is O=C(NNC(=O)c1ccc[nH]c1=O)c1ccccc1-n1cccc1. The molecule has 2 heterocycles. The lowest BCUT2D eigenvalue weighted by Gasteiger charge is -2.11. The Hall–Kier alpha value is -3.61. The van der Waals surface area contributed by atoms with Gasteiger partial charge in [0.25, 0.3) is 17.4 Å². The van der Waals surface area contributed by atoms with Gasteiger partial charge in [-0.3, -0.25) is 25.2 Å². The minimum Gasteiger partial charge on any atom is -0.328 e. The lowest BCUT2D eigenvalue weighted by atomic mass is 10.1. The van der Waals surface area contributed by atoms with Crippen LogP contribution in [0.15, 0.2) is 71.9 Å². The van der Waals surface area contributed by atoms with Gasteiger partial charge in [0.15, 0.2) is 0 Å². The number of aromatic amines is 1. The maximum Gasteiger partial charge on any atom is 0.275 e. The van der Waals surface area contributed by atoms with E-state index in [1.807, 2.05) is 30.6 Å². The van der Waals surface area contributed by atoms with Gasteiger partial charge >= 0.3 is 0 Å². The quantitative estimate of drug-likeness (QED) is 0.633. The Morgan fingerprint density at radius 2 is 1.46 bits per heavy atom. The zero-order valence-electron chi connectivity index (χ0n) is 12.5. The highest BCUT2D eigenvalue weighted by atomic mass is 16.2. The molecule has 0 fully saturated rings. The van der Waals surface area contributed by atoms with Crippen molar-refractivity contribution in [2.24, 2.45) is 0 Å². The zero-order chi connectivity index (χ0) is 16.9. The van der Waals surface area contributed by atoms with Gasteiger partial charge in [0.05, 0.1) is 11.3 Å². The molecule has 3 aromatic rings. The molecular formula is C17H14N4O3. The number of rotatable bonds is 3. The summed E-state index contributed by atoms with van der Waals surface area (Å²) in [6.07, 6.45) is 5.05. The average molecular weight is 322 g/mol. The molecular weight excluding hydrogens is 308 g/mol. The second-order valence-electron chi connectivity index (χ2n) is 4.93. The zero-order valence-corrected chi connectivity index (χ0v) is 12.5. The van der Waals surface area contributed by atoms with E-state index >= 15 is 0 Å². The molecule has 3 rings (SSSR count). The monoisotopic (exact) mass is 322 g/mol. The summed E-state index contributed by atoms with van der Waals surface area (Å²) in [7, 11) is 0. The summed E-state index contributed by atoms with van der Waals surface area (Å²) in [5, 5.41) is 0. The predicted molar refractivity (Wildman–Crippen MR) is 87.8 cm³/mol. The Kier molecular flexibility index (Phi) is 4.24. The van der Waals surface area contributed by atoms with Crippen molar-refractivity contribution in [2.45, 2.75) is 0 Å². The maximum absolute atomic E-state index is 12.4. The molecule has 0 saturated heterocycles. The fourth-order valence-corrected chi connectivity index (χ4v) is 2.23. The van der Waals surface area contributed by atoms with E-state index in [1.54, 1.807) is 22.8 Å². The molecule has 7 heteroatoms. The maximum atomic E-state index is 12.4. The number of hydrazine groups is 1. The highest BCUT2D eigenvalue weighted by molar-refractivity contribution is 6.00. The minimum absolute atomic E-state index is 0.0866. The first-order valence-corrected chi connectivity index (χ1v) is 7.17. The minimum atomic E-state index is -0.691. The molecule has 0 aliphatic heterocycles. The molecule has 7 nitrogen and oxygen atoms in total. The van der Waals surface area contributed by atoms with E-state index in [-0.39, 0.29) is 5.56 Å². The number of para-hydroxylation sites is 1. The lowest BCUT2D eigenvalue weighted by Crippen LogP contribution is -2.43. The van der Waals surface area contributed by atoms with Gasteiger partial charge in [-0.05, 0) is 36.4 Å². The van der Waals surface area contributed by atoms with E-state index in [4.69, 9.17) is 0 Å². The molecule has 120 valence electrons. The van der Waals surface area contributed by atoms with E-state index < -0.39 is 17.4 Å². The van der Waals surface area contributed by atoms with Crippen molar-refractivity contribution >= 4 is 11.8 Å². The van der Waals surface area contributed by atoms with Gasteiger partial charge in [-0.25, -0.2) is 0 Å². The van der Waals surface area contributed by atoms with Gasteiger partial charge in [0.1, 0.15) is 5.56 Å². The van der Waals surface area contributed by atoms with Gasteiger partial charge in [0, 0.05) is 18.6 Å². The number of hydrogen-bond donors (Lipinski definition) is 3. The van der Waals surface area contributed by atoms with Crippen molar-refractivity contribution in [3.63, 3.8) is 0 Å². The molecule has 0 atom stereocenters. The number of carbonyl (C=O) groups excluding carboxylic acids is 2. The third-order valence-corrected chi connectivity index (χ3v) is 3.38. The summed E-state index contributed by atoms with van der Waals surface area (Å²) in [6.45, 7) is 0. The summed E-state index contributed by atoms with van der Waals surface area (Å²) >= 11 is 0. The standard InChI is InChI=1S/C17H14N4O3/c22-15-13(7-5-9-18-15)17(24)20-19-16(23)12-6-1-2-8-14(12)21-10-3-4-11-21/h1-11H,(H,18,22)(H,19,23)(H,20,24). The predicted octanol–water partition coefficient (Wildman–Crippen LogP) is 1.24. The van der Waals surface area contributed by atoms with Crippen LogP contribution in [0.5, 0.6) is 0 Å². The molecule has 2 aromatic heterocycles. The highest BCUT2D eigenvalue weighted by Gasteiger charge is 2.14. The topological polar surface area (TPSA) is 96.0 Å². The molecule has 0 radical (unpaired) electrons. The Labute approximate surface area is 136 Å². The number of nitrogens with one attached hydrogen (secondary N) is 3. The summed E-state index contributed by atoms with van der Waals surface area (Å²) in [5.74, 6) is -1.18. The number of aromatic nitrogens is 2. The van der Waals surface area contributed by atoms with E-state index in [9.17, 15) is 14.4 Å². The summed E-state index contributed by atoms with van der Waals surface area (Å²) in [4.78, 5) is 38.3. The molecule has 0 aliphatic rings. The van der Waals surface area contributed by atoms with Crippen LogP contribution in [0.2, 0.25) is 0 Å². The summed E-state index contributed by atoms with van der Waals surface area (Å²) in [6, 6.07) is 13.6. The smallest absolute Gasteiger partial charge is 0.275 e. The van der Waals surface area contributed by atoms with Gasteiger partial charge in [-0.15, -0.1) is 0 Å². The van der Waals surface area contributed by atoms with Gasteiger partial charge in [-0.1, -0.05) is 12.1 Å². The first kappa shape index (κ1) is 15.3. The van der Waals surface area contributed by atoms with E-state index in [1.165, 1.54) is 18.3 Å². The van der Waals surface area contributed by atoms with Crippen molar-refractivity contribution in [1.29, 1.82) is 0 Å². The number of amides is 2. The number of pyridine rings is 1. The molecule has 0 aliphatic carbocycles. The molecule has 1 aromatic carbocycles. The van der Waals surface area contributed by atoms with Crippen LogP contribution in [0.3, 0.4) is 0 Å². The second-order valence-corrected chi connectivity index (χ2v) is 4.93. The molecule has 0 saturated carbocycles. The van der Waals surface area contributed by atoms with Crippen LogP contribution in [-0.4, -0.2) is 21.4 Å². The van der Waals surface area contributed by atoms with Crippen LogP contribution in [0.1, 0.15) is 20.7 Å². The Morgan fingerprint density at radius 3 is 2.17 bits per heavy atom. The number of carbonyl (C=O) groups is 2. The van der Waals surface area contributed by atoms with Crippen molar-refractivity contribution in [2.75, 3.05) is 0 Å². The van der Waals surface area contributed by atoms with Crippen LogP contribution >= 0.6 is 0 Å². The third kappa shape index (κ3) is 3.09. The Balaban J connectivity index is 1.76. The highest BCUT2D eigenvalue weighted by Crippen LogP contribution is 2.14. The van der Waals surface area contributed by atoms with Gasteiger partial charge in [-0.2, -0.15) is 0 Å². The van der Waals surface area contributed by atoms with E-state index in [2.05, 4.69) is 15.8 Å². The lowest BCUT2D eigenvalue weighted by molar-refractivity contribution is 0.0845. The van der Waals surface area contributed by atoms with Crippen LogP contribution in [0.4, 0.5) is 0 Å². The van der Waals surface area contributed by atoms with Crippen LogP contribution in [0.25, 0.3) is 5.69 Å². The number of H-pyrrole nitrogens is 1. The average Bonchev–Trinajstić information content (AvgIpc) is 3.14. The number of benzene rings is 1. The van der Waals surface area contributed by atoms with Crippen LogP contribution < -0.4 is 16.4 Å². The Bertz CT molecular complexity index is 929. The summed E-state index contributed by atoms with van der Waals surface area (Å²) < 4.78 is 1.79. The van der Waals surface area contributed by atoms with Gasteiger partial charge in [0.2, 0.25) is 0 Å². The molecule has 3 N–H and O–H groups in total. The second kappa shape index (κ2) is 6.66. The number of hydrogen-bond acceptors (Lipinski definition) is 3. The fraction of sp³-hybridized carbons (Fsp3) is 0. The van der Waals surface area contributed by atoms with Crippen molar-refractivity contribution in [3.8, 4) is 5.69 Å². The third-order valence-electron chi connectivity index (χ3n) is 3.38. The van der Waals surface area contributed by atoms with Gasteiger partial charge < -0.3 is 9.55 Å². The van der Waals surface area contributed by atoms with Crippen molar-refractivity contribution in [1.82, 2.24) is 20.4 Å². The largest absolute Gasteiger partial charge is 0.328 e. The van der Waals surface area contributed by atoms with E-state index in [0.717, 1.165) is 0 Å². The van der Waals surface area contributed by atoms with Crippen molar-refractivity contribution in [3.05, 3.63) is 88.6 Å². The molecule has 0 spiro atoms. The number of nitrogens with zero attached hydrogens (tertiary/aromatic N) is 1.